The zero-order chi connectivity index (χ0) is 13.5. The minimum absolute atomic E-state index is 0.0229. The van der Waals surface area contributed by atoms with E-state index in [0.29, 0.717) is 13.1 Å². The Balaban J connectivity index is 1.76. The fraction of sp³-hybridized carbons (Fsp3) is 0.267. The topological polar surface area (TPSA) is 34.0 Å². The van der Waals surface area contributed by atoms with E-state index in [9.17, 15) is 4.79 Å². The van der Waals surface area contributed by atoms with Crippen LogP contribution in [0.3, 0.4) is 0 Å². The molecule has 1 aromatic heterocycles. The molecule has 1 atom stereocenters. The van der Waals surface area contributed by atoms with E-state index < -0.39 is 0 Å². The number of benzene rings is 1. The largest absolute Gasteiger partial charge is 0.314 e. The summed E-state index contributed by atoms with van der Waals surface area (Å²) in [6.07, 6.45) is 1.79. The molecule has 0 bridgehead atoms. The second-order valence-corrected chi connectivity index (χ2v) is 4.84. The van der Waals surface area contributed by atoms with Gasteiger partial charge in [0, 0.05) is 31.9 Å². The number of nitrogens with one attached hydrogen (secondary N) is 1. The summed E-state index contributed by atoms with van der Waals surface area (Å²) >= 11 is 6.29. The molecular formula is C15H17ClN2O. The van der Waals surface area contributed by atoms with Crippen LogP contribution in [0.25, 0.3) is 0 Å². The Morgan fingerprint density at radius 2 is 1.84 bits per heavy atom. The van der Waals surface area contributed by atoms with Crippen molar-refractivity contribution >= 4 is 11.6 Å². The molecule has 3 nitrogen and oxygen atoms in total. The molecule has 19 heavy (non-hydrogen) atoms. The minimum atomic E-state index is -0.0475. The maximum Gasteiger partial charge on any atom is 0.250 e. The zero-order valence-corrected chi connectivity index (χ0v) is 11.4. The van der Waals surface area contributed by atoms with Crippen molar-refractivity contribution in [1.29, 1.82) is 0 Å². The predicted octanol–water partition coefficient (Wildman–Crippen LogP) is 2.42. The van der Waals surface area contributed by atoms with Gasteiger partial charge < -0.3 is 9.88 Å². The van der Waals surface area contributed by atoms with Crippen molar-refractivity contribution in [2.45, 2.75) is 11.9 Å². The molecule has 0 aliphatic rings. The molecule has 0 amide bonds. The molecule has 0 radical (unpaired) electrons. The molecule has 4 heteroatoms. The van der Waals surface area contributed by atoms with Crippen LogP contribution in [0, 0.1) is 0 Å². The van der Waals surface area contributed by atoms with Gasteiger partial charge in [0.25, 0.3) is 5.56 Å². The lowest BCUT2D eigenvalue weighted by molar-refractivity contribution is 0.582. The molecule has 0 saturated carbocycles. The number of aromatic nitrogens is 1. The van der Waals surface area contributed by atoms with E-state index >= 15 is 0 Å². The number of pyridine rings is 1. The van der Waals surface area contributed by atoms with Gasteiger partial charge in [-0.2, -0.15) is 0 Å². The van der Waals surface area contributed by atoms with Crippen LogP contribution in [-0.4, -0.2) is 17.7 Å². The van der Waals surface area contributed by atoms with E-state index in [1.54, 1.807) is 22.9 Å². The molecule has 1 aromatic carbocycles. The summed E-state index contributed by atoms with van der Waals surface area (Å²) in [5.41, 5.74) is 1.13. The summed E-state index contributed by atoms with van der Waals surface area (Å²) in [5.74, 6) is 0. The van der Waals surface area contributed by atoms with Crippen molar-refractivity contribution in [1.82, 2.24) is 9.88 Å². The highest BCUT2D eigenvalue weighted by Crippen LogP contribution is 2.18. The van der Waals surface area contributed by atoms with Gasteiger partial charge in [-0.3, -0.25) is 4.79 Å². The Morgan fingerprint density at radius 1 is 1.11 bits per heavy atom. The maximum absolute atomic E-state index is 11.5. The summed E-state index contributed by atoms with van der Waals surface area (Å²) in [4.78, 5) is 11.5. The van der Waals surface area contributed by atoms with Crippen molar-refractivity contribution in [3.05, 3.63) is 70.6 Å². The van der Waals surface area contributed by atoms with Crippen LogP contribution in [0.4, 0.5) is 0 Å². The van der Waals surface area contributed by atoms with Crippen LogP contribution in [0.1, 0.15) is 10.9 Å². The molecule has 1 N–H and O–H groups in total. The lowest BCUT2D eigenvalue weighted by atomic mass is 10.1. The molecule has 0 aliphatic heterocycles. The molecule has 0 fully saturated rings. The van der Waals surface area contributed by atoms with E-state index in [0.717, 1.165) is 12.1 Å². The van der Waals surface area contributed by atoms with Crippen LogP contribution >= 0.6 is 11.6 Å². The highest BCUT2D eigenvalue weighted by molar-refractivity contribution is 6.21. The standard InChI is InChI=1S/C15H17ClN2O/c16-14(13-6-2-1-3-7-13)12-17-9-11-18-10-5-4-8-15(18)19/h1-8,10,14,17H,9,11-12H2. The highest BCUT2D eigenvalue weighted by Gasteiger charge is 2.05. The summed E-state index contributed by atoms with van der Waals surface area (Å²) < 4.78 is 1.68. The summed E-state index contributed by atoms with van der Waals surface area (Å²) in [7, 11) is 0. The van der Waals surface area contributed by atoms with E-state index in [4.69, 9.17) is 11.6 Å². The van der Waals surface area contributed by atoms with Crippen LogP contribution in [0.2, 0.25) is 0 Å². The van der Waals surface area contributed by atoms with E-state index in [1.807, 2.05) is 36.4 Å². The average Bonchev–Trinajstić information content (AvgIpc) is 2.46. The molecule has 1 unspecified atom stereocenters. The fourth-order valence-electron chi connectivity index (χ4n) is 1.85. The second kappa shape index (κ2) is 7.12. The van der Waals surface area contributed by atoms with E-state index in [1.165, 1.54) is 0 Å². The Morgan fingerprint density at radius 3 is 2.58 bits per heavy atom. The van der Waals surface area contributed by atoms with Gasteiger partial charge in [0.1, 0.15) is 0 Å². The predicted molar refractivity (Wildman–Crippen MR) is 78.6 cm³/mol. The number of alkyl halides is 1. The van der Waals surface area contributed by atoms with Gasteiger partial charge in [-0.15, -0.1) is 11.6 Å². The minimum Gasteiger partial charge on any atom is -0.314 e. The third kappa shape index (κ3) is 4.23. The van der Waals surface area contributed by atoms with Gasteiger partial charge in [-0.25, -0.2) is 0 Å². The number of hydrogen-bond donors (Lipinski definition) is 1. The van der Waals surface area contributed by atoms with Gasteiger partial charge in [0.15, 0.2) is 0 Å². The molecule has 0 saturated heterocycles. The lowest BCUT2D eigenvalue weighted by Gasteiger charge is -2.11. The Hall–Kier alpha value is -1.58. The third-order valence-corrected chi connectivity index (χ3v) is 3.32. The molecule has 2 aromatic rings. The molecule has 0 aliphatic carbocycles. The second-order valence-electron chi connectivity index (χ2n) is 4.31. The summed E-state index contributed by atoms with van der Waals surface area (Å²) in [6.45, 7) is 2.06. The molecule has 0 spiro atoms. The van der Waals surface area contributed by atoms with Crippen LogP contribution in [0.15, 0.2) is 59.5 Å². The smallest absolute Gasteiger partial charge is 0.250 e. The van der Waals surface area contributed by atoms with Crippen molar-refractivity contribution in [2.75, 3.05) is 13.1 Å². The van der Waals surface area contributed by atoms with E-state index in [2.05, 4.69) is 5.32 Å². The normalized spacial score (nSPS) is 12.3. The first-order valence-electron chi connectivity index (χ1n) is 6.32. The Labute approximate surface area is 117 Å². The number of halogens is 1. The lowest BCUT2D eigenvalue weighted by Crippen LogP contribution is -2.27. The average molecular weight is 277 g/mol. The number of nitrogens with zero attached hydrogens (tertiary/aromatic N) is 1. The molecule has 1 heterocycles. The first-order valence-corrected chi connectivity index (χ1v) is 6.76. The van der Waals surface area contributed by atoms with Crippen molar-refractivity contribution < 1.29 is 0 Å². The van der Waals surface area contributed by atoms with Crippen molar-refractivity contribution in [3.63, 3.8) is 0 Å². The van der Waals surface area contributed by atoms with Crippen molar-refractivity contribution in [2.24, 2.45) is 0 Å². The van der Waals surface area contributed by atoms with Gasteiger partial charge in [-0.05, 0) is 11.6 Å². The monoisotopic (exact) mass is 276 g/mol. The Kier molecular flexibility index (Phi) is 5.19. The first kappa shape index (κ1) is 13.8. The number of rotatable bonds is 6. The highest BCUT2D eigenvalue weighted by atomic mass is 35.5. The molecule has 2 rings (SSSR count). The maximum atomic E-state index is 11.5. The summed E-state index contributed by atoms with van der Waals surface area (Å²) in [5, 5.41) is 3.22. The van der Waals surface area contributed by atoms with E-state index in [-0.39, 0.29) is 10.9 Å². The Bertz CT molecular complexity index is 553. The number of hydrogen-bond acceptors (Lipinski definition) is 2. The van der Waals surface area contributed by atoms with Gasteiger partial charge >= 0.3 is 0 Å². The van der Waals surface area contributed by atoms with Crippen molar-refractivity contribution in [3.8, 4) is 0 Å². The van der Waals surface area contributed by atoms with Gasteiger partial charge in [0.05, 0.1) is 5.38 Å². The van der Waals surface area contributed by atoms with Crippen LogP contribution in [0.5, 0.6) is 0 Å². The van der Waals surface area contributed by atoms with Crippen LogP contribution < -0.4 is 10.9 Å². The quantitative estimate of drug-likeness (QED) is 0.649. The fourth-order valence-corrected chi connectivity index (χ4v) is 2.11. The van der Waals surface area contributed by atoms with Crippen LogP contribution in [-0.2, 0) is 6.54 Å². The first-order chi connectivity index (χ1) is 9.27. The molecule has 100 valence electrons. The summed E-state index contributed by atoms with van der Waals surface area (Å²) in [6, 6.07) is 15.1. The zero-order valence-electron chi connectivity index (χ0n) is 10.6. The van der Waals surface area contributed by atoms with Gasteiger partial charge in [0.2, 0.25) is 0 Å². The molecular weight excluding hydrogens is 260 g/mol. The third-order valence-electron chi connectivity index (χ3n) is 2.91. The SMILES string of the molecule is O=c1ccccn1CCNCC(Cl)c1ccccc1. The van der Waals surface area contributed by atoms with Gasteiger partial charge in [-0.1, -0.05) is 36.4 Å².